The van der Waals surface area contributed by atoms with Crippen molar-refractivity contribution in [3.05, 3.63) is 62.8 Å². The molecule has 0 aliphatic rings. The summed E-state index contributed by atoms with van der Waals surface area (Å²) in [5.74, 6) is 1.20. The molecule has 0 amide bonds. The second-order valence-corrected chi connectivity index (χ2v) is 5.83. The number of benzene rings is 1. The Balaban J connectivity index is 1.94. The van der Waals surface area contributed by atoms with E-state index >= 15 is 0 Å². The van der Waals surface area contributed by atoms with Crippen LogP contribution in [0.25, 0.3) is 11.1 Å². The van der Waals surface area contributed by atoms with Gasteiger partial charge in [-0.15, -0.1) is 0 Å². The Kier molecular flexibility index (Phi) is 4.65. The predicted molar refractivity (Wildman–Crippen MR) is 96.7 cm³/mol. The van der Waals surface area contributed by atoms with E-state index in [4.69, 9.17) is 15.0 Å². The zero-order valence-electron chi connectivity index (χ0n) is 14.7. The molecule has 0 atom stereocenters. The first kappa shape index (κ1) is 17.8. The van der Waals surface area contributed by atoms with Gasteiger partial charge in [0.2, 0.25) is 0 Å². The van der Waals surface area contributed by atoms with Gasteiger partial charge in [-0.05, 0) is 31.5 Å². The van der Waals surface area contributed by atoms with Gasteiger partial charge in [0.05, 0.1) is 11.3 Å². The van der Waals surface area contributed by atoms with Crippen molar-refractivity contribution in [2.45, 2.75) is 20.5 Å². The molecule has 0 aliphatic carbocycles. The van der Waals surface area contributed by atoms with Crippen LogP contribution in [0.2, 0.25) is 0 Å². The molecule has 3 aromatic rings. The number of nitrogens with zero attached hydrogens (tertiary/aromatic N) is 3. The van der Waals surface area contributed by atoms with E-state index in [1.165, 1.54) is 0 Å². The van der Waals surface area contributed by atoms with E-state index in [-0.39, 0.29) is 22.5 Å². The van der Waals surface area contributed by atoms with Crippen molar-refractivity contribution < 1.29 is 9.26 Å². The Labute approximate surface area is 154 Å². The highest BCUT2D eigenvalue weighted by Gasteiger charge is 2.18. The first-order valence-electron chi connectivity index (χ1n) is 7.97. The molecule has 0 bridgehead atoms. The van der Waals surface area contributed by atoms with Crippen LogP contribution in [-0.2, 0) is 6.61 Å². The van der Waals surface area contributed by atoms with Crippen LogP contribution in [0, 0.1) is 36.5 Å². The summed E-state index contributed by atoms with van der Waals surface area (Å²) in [6.45, 7) is 3.94. The largest absolute Gasteiger partial charge is 0.489 e. The molecule has 134 valence electrons. The maximum atomic E-state index is 12.0. The highest BCUT2D eigenvalue weighted by Crippen LogP contribution is 2.29. The van der Waals surface area contributed by atoms with Crippen molar-refractivity contribution in [1.82, 2.24) is 10.1 Å². The van der Waals surface area contributed by atoms with Crippen molar-refractivity contribution in [3.8, 4) is 29.0 Å². The third-order valence-electron chi connectivity index (χ3n) is 4.18. The minimum absolute atomic E-state index is 0.0514. The minimum Gasteiger partial charge on any atom is -0.489 e. The van der Waals surface area contributed by atoms with Gasteiger partial charge < -0.3 is 20.0 Å². The Bertz CT molecular complexity index is 1120. The van der Waals surface area contributed by atoms with Gasteiger partial charge >= 0.3 is 0 Å². The standard InChI is InChI=1S/C19H15N5O3/c1-10-16(11(2)27-24-10)9-26-13-5-3-12(4-6-13)17-14(7-20)18(22)23-19(25)15(17)8-21/h3-6H,9H2,1-2H3,(H3,22,23,25). The van der Waals surface area contributed by atoms with Crippen LogP contribution in [0.5, 0.6) is 5.75 Å². The van der Waals surface area contributed by atoms with Crippen molar-refractivity contribution in [2.75, 3.05) is 5.73 Å². The third-order valence-corrected chi connectivity index (χ3v) is 4.18. The zero-order chi connectivity index (χ0) is 19.6. The summed E-state index contributed by atoms with van der Waals surface area (Å²) in [4.78, 5) is 14.3. The molecule has 1 aromatic carbocycles. The summed E-state index contributed by atoms with van der Waals surface area (Å²) in [5, 5.41) is 22.6. The van der Waals surface area contributed by atoms with Gasteiger partial charge in [-0.25, -0.2) is 0 Å². The van der Waals surface area contributed by atoms with Gasteiger partial charge in [0.25, 0.3) is 5.56 Å². The summed E-state index contributed by atoms with van der Waals surface area (Å²) in [6.07, 6.45) is 0. The number of anilines is 1. The first-order valence-corrected chi connectivity index (χ1v) is 7.97. The number of nitrogen functional groups attached to an aromatic ring is 1. The number of nitriles is 2. The van der Waals surface area contributed by atoms with Crippen molar-refractivity contribution >= 4 is 5.82 Å². The van der Waals surface area contributed by atoms with Crippen LogP contribution in [0.3, 0.4) is 0 Å². The van der Waals surface area contributed by atoms with Crippen molar-refractivity contribution in [1.29, 1.82) is 10.5 Å². The van der Waals surface area contributed by atoms with Gasteiger partial charge in [-0.1, -0.05) is 17.3 Å². The molecule has 0 saturated carbocycles. The molecule has 27 heavy (non-hydrogen) atoms. The summed E-state index contributed by atoms with van der Waals surface area (Å²) >= 11 is 0. The molecule has 0 fully saturated rings. The number of pyridine rings is 1. The van der Waals surface area contributed by atoms with Crippen LogP contribution < -0.4 is 16.0 Å². The van der Waals surface area contributed by atoms with Gasteiger partial charge in [0.15, 0.2) is 0 Å². The number of hydrogen-bond acceptors (Lipinski definition) is 7. The molecule has 0 radical (unpaired) electrons. The van der Waals surface area contributed by atoms with E-state index in [9.17, 15) is 15.3 Å². The lowest BCUT2D eigenvalue weighted by Gasteiger charge is -2.10. The second-order valence-electron chi connectivity index (χ2n) is 5.83. The van der Waals surface area contributed by atoms with Gasteiger partial charge in [-0.3, -0.25) is 4.79 Å². The fourth-order valence-electron chi connectivity index (χ4n) is 2.71. The number of nitrogens with two attached hydrogens (primary N) is 1. The fraction of sp³-hybridized carbons (Fsp3) is 0.158. The molecule has 3 rings (SSSR count). The van der Waals surface area contributed by atoms with E-state index < -0.39 is 5.56 Å². The smallest absolute Gasteiger partial charge is 0.268 e. The first-order chi connectivity index (χ1) is 13.0. The number of nitrogens with one attached hydrogen (secondary N) is 1. The number of H-pyrrole nitrogens is 1. The average Bonchev–Trinajstić information content (AvgIpc) is 2.98. The Morgan fingerprint density at radius 1 is 1.19 bits per heavy atom. The highest BCUT2D eigenvalue weighted by molar-refractivity contribution is 5.80. The summed E-state index contributed by atoms with van der Waals surface area (Å²) < 4.78 is 10.8. The van der Waals surface area contributed by atoms with Crippen molar-refractivity contribution in [2.24, 2.45) is 0 Å². The zero-order valence-corrected chi connectivity index (χ0v) is 14.7. The number of aryl methyl sites for hydroxylation is 2. The normalized spacial score (nSPS) is 10.2. The summed E-state index contributed by atoms with van der Waals surface area (Å²) in [7, 11) is 0. The molecule has 0 unspecified atom stereocenters. The van der Waals surface area contributed by atoms with E-state index in [0.717, 1.165) is 11.3 Å². The van der Waals surface area contributed by atoms with Crippen LogP contribution in [-0.4, -0.2) is 10.1 Å². The summed E-state index contributed by atoms with van der Waals surface area (Å²) in [5.41, 5.74) is 7.35. The molecule has 0 saturated heterocycles. The molecule has 0 spiro atoms. The van der Waals surface area contributed by atoms with E-state index in [2.05, 4.69) is 10.1 Å². The number of hydrogen-bond donors (Lipinski definition) is 2. The second kappa shape index (κ2) is 7.06. The molecule has 8 heteroatoms. The molecular weight excluding hydrogens is 346 g/mol. The van der Waals surface area contributed by atoms with Crippen LogP contribution in [0.15, 0.2) is 33.6 Å². The lowest BCUT2D eigenvalue weighted by atomic mass is 9.96. The predicted octanol–water partition coefficient (Wildman–Crippen LogP) is 2.55. The number of aromatic nitrogens is 2. The maximum Gasteiger partial charge on any atom is 0.268 e. The molecule has 0 aliphatic heterocycles. The molecule has 2 heterocycles. The molecule has 3 N–H and O–H groups in total. The average molecular weight is 361 g/mol. The third kappa shape index (κ3) is 3.24. The van der Waals surface area contributed by atoms with E-state index in [1.807, 2.05) is 26.0 Å². The number of ether oxygens (including phenoxy) is 1. The van der Waals surface area contributed by atoms with Crippen molar-refractivity contribution in [3.63, 3.8) is 0 Å². The van der Waals surface area contributed by atoms with Crippen LogP contribution in [0.4, 0.5) is 5.82 Å². The van der Waals surface area contributed by atoms with Gasteiger partial charge in [-0.2, -0.15) is 10.5 Å². The minimum atomic E-state index is -0.636. The highest BCUT2D eigenvalue weighted by atomic mass is 16.5. The SMILES string of the molecule is Cc1noc(C)c1COc1ccc(-c2c(C#N)c(N)[nH]c(=O)c2C#N)cc1. The van der Waals surface area contributed by atoms with E-state index in [0.29, 0.717) is 23.7 Å². The topological polar surface area (TPSA) is 142 Å². The monoisotopic (exact) mass is 361 g/mol. The lowest BCUT2D eigenvalue weighted by molar-refractivity contribution is 0.302. The number of aromatic amines is 1. The summed E-state index contributed by atoms with van der Waals surface area (Å²) in [6, 6.07) is 10.5. The van der Waals surface area contributed by atoms with Gasteiger partial charge in [0, 0.05) is 5.56 Å². The number of rotatable bonds is 4. The van der Waals surface area contributed by atoms with E-state index in [1.54, 1.807) is 24.3 Å². The molecule has 8 nitrogen and oxygen atoms in total. The van der Waals surface area contributed by atoms with Gasteiger partial charge in [0.1, 0.15) is 47.2 Å². The van der Waals surface area contributed by atoms with Crippen LogP contribution >= 0.6 is 0 Å². The lowest BCUT2D eigenvalue weighted by Crippen LogP contribution is -2.16. The fourth-order valence-corrected chi connectivity index (χ4v) is 2.71. The molecular formula is C19H15N5O3. The quantitative estimate of drug-likeness (QED) is 0.727. The Morgan fingerprint density at radius 3 is 2.41 bits per heavy atom. The Hall–Kier alpha value is -4.04. The maximum absolute atomic E-state index is 12.0. The van der Waals surface area contributed by atoms with Crippen LogP contribution in [0.1, 0.15) is 28.1 Å². The Morgan fingerprint density at radius 2 is 1.85 bits per heavy atom. The molecule has 2 aromatic heterocycles.